The van der Waals surface area contributed by atoms with Crippen molar-refractivity contribution in [1.82, 2.24) is 0 Å². The summed E-state index contributed by atoms with van der Waals surface area (Å²) >= 11 is 5.85. The highest BCUT2D eigenvalue weighted by Gasteiger charge is 2.25. The lowest BCUT2D eigenvalue weighted by Gasteiger charge is -2.13. The van der Waals surface area contributed by atoms with Crippen LogP contribution in [0.4, 0.5) is 0 Å². The van der Waals surface area contributed by atoms with Crippen molar-refractivity contribution in [1.29, 1.82) is 0 Å². The highest BCUT2D eigenvalue weighted by molar-refractivity contribution is 14.1. The fourth-order valence-corrected chi connectivity index (χ4v) is 2.75. The molecule has 2 rings (SSSR count). The van der Waals surface area contributed by atoms with Crippen LogP contribution in [0.1, 0.15) is 30.9 Å². The molecule has 1 atom stereocenters. The van der Waals surface area contributed by atoms with E-state index < -0.39 is 0 Å². The molecule has 2 N–H and O–H groups in total. The number of halogens is 2. The molecule has 0 saturated heterocycles. The van der Waals surface area contributed by atoms with Gasteiger partial charge in [-0.25, -0.2) is 0 Å². The Balaban J connectivity index is 2.15. The van der Waals surface area contributed by atoms with E-state index in [0.717, 1.165) is 16.8 Å². The highest BCUT2D eigenvalue weighted by atomic mass is 127. The van der Waals surface area contributed by atoms with E-state index in [1.807, 2.05) is 0 Å². The van der Waals surface area contributed by atoms with Crippen molar-refractivity contribution in [2.24, 2.45) is 11.7 Å². The number of hydrogen-bond acceptors (Lipinski definition) is 1. The van der Waals surface area contributed by atoms with Gasteiger partial charge in [-0.2, -0.15) is 0 Å². The van der Waals surface area contributed by atoms with Crippen LogP contribution in [-0.2, 0) is 0 Å². The average molecular weight is 366 g/mol. The number of benzene rings is 1. The minimum Gasteiger partial charge on any atom is -0.324 e. The SMILES string of the molecule is NC(CC1CC1)c1cc(Br)ccc1I. The second kappa shape index (κ2) is 4.49. The lowest BCUT2D eigenvalue weighted by Crippen LogP contribution is -2.12. The van der Waals surface area contributed by atoms with Gasteiger partial charge in [0.1, 0.15) is 0 Å². The van der Waals surface area contributed by atoms with Crippen molar-refractivity contribution < 1.29 is 0 Å². The summed E-state index contributed by atoms with van der Waals surface area (Å²) in [7, 11) is 0. The smallest absolute Gasteiger partial charge is 0.0308 e. The van der Waals surface area contributed by atoms with Gasteiger partial charge in [0.2, 0.25) is 0 Å². The van der Waals surface area contributed by atoms with E-state index in [-0.39, 0.29) is 6.04 Å². The summed E-state index contributed by atoms with van der Waals surface area (Å²) in [4.78, 5) is 0. The average Bonchev–Trinajstić information content (AvgIpc) is 2.93. The summed E-state index contributed by atoms with van der Waals surface area (Å²) in [5.41, 5.74) is 7.46. The van der Waals surface area contributed by atoms with Crippen LogP contribution in [0.2, 0.25) is 0 Å². The van der Waals surface area contributed by atoms with Gasteiger partial charge < -0.3 is 5.73 Å². The third-order valence-electron chi connectivity index (χ3n) is 2.64. The third-order valence-corrected chi connectivity index (χ3v) is 4.12. The Bertz CT molecular complexity index is 336. The van der Waals surface area contributed by atoms with Crippen molar-refractivity contribution in [2.45, 2.75) is 25.3 Å². The first kappa shape index (κ1) is 10.9. The predicted octanol–water partition coefficient (Wildman–Crippen LogP) is 3.85. The fourth-order valence-electron chi connectivity index (χ4n) is 1.64. The quantitative estimate of drug-likeness (QED) is 0.809. The summed E-state index contributed by atoms with van der Waals surface area (Å²) in [5.74, 6) is 0.889. The lowest BCUT2D eigenvalue weighted by molar-refractivity contribution is 0.594. The maximum atomic E-state index is 6.18. The first-order chi connectivity index (χ1) is 6.66. The van der Waals surface area contributed by atoms with Gasteiger partial charge in [-0.15, -0.1) is 0 Å². The second-order valence-corrected chi connectivity index (χ2v) is 6.03. The van der Waals surface area contributed by atoms with Crippen molar-refractivity contribution in [2.75, 3.05) is 0 Å². The van der Waals surface area contributed by atoms with E-state index in [1.54, 1.807) is 0 Å². The monoisotopic (exact) mass is 365 g/mol. The molecule has 1 aliphatic rings. The van der Waals surface area contributed by atoms with E-state index in [1.165, 1.54) is 22.0 Å². The van der Waals surface area contributed by atoms with Crippen molar-refractivity contribution >= 4 is 38.5 Å². The summed E-state index contributed by atoms with van der Waals surface area (Å²) in [6, 6.07) is 6.54. The van der Waals surface area contributed by atoms with Gasteiger partial charge in [0.05, 0.1) is 0 Å². The molecule has 0 aromatic heterocycles. The van der Waals surface area contributed by atoms with E-state index in [2.05, 4.69) is 56.7 Å². The van der Waals surface area contributed by atoms with Gasteiger partial charge in [-0.05, 0) is 58.7 Å². The van der Waals surface area contributed by atoms with Crippen LogP contribution in [0.5, 0.6) is 0 Å². The molecule has 1 saturated carbocycles. The standard InChI is InChI=1S/C11H13BrIN/c12-8-3-4-10(13)9(6-8)11(14)5-7-1-2-7/h3-4,6-7,11H,1-2,5,14H2. The Kier molecular flexibility index (Phi) is 3.50. The topological polar surface area (TPSA) is 26.0 Å². The first-order valence-electron chi connectivity index (χ1n) is 4.87. The summed E-state index contributed by atoms with van der Waals surface area (Å²) < 4.78 is 2.40. The maximum Gasteiger partial charge on any atom is 0.0308 e. The van der Waals surface area contributed by atoms with E-state index in [9.17, 15) is 0 Å². The Morgan fingerprint density at radius 2 is 2.21 bits per heavy atom. The molecule has 0 bridgehead atoms. The number of nitrogens with two attached hydrogens (primary N) is 1. The van der Waals surface area contributed by atoms with Gasteiger partial charge in [0.15, 0.2) is 0 Å². The third kappa shape index (κ3) is 2.70. The molecule has 1 aromatic rings. The molecule has 3 heteroatoms. The molecule has 14 heavy (non-hydrogen) atoms. The van der Waals surface area contributed by atoms with Gasteiger partial charge >= 0.3 is 0 Å². The van der Waals surface area contributed by atoms with Crippen LogP contribution < -0.4 is 5.73 Å². The van der Waals surface area contributed by atoms with Crippen molar-refractivity contribution in [3.63, 3.8) is 0 Å². The summed E-state index contributed by atoms with van der Waals surface area (Å²) in [5, 5.41) is 0. The Morgan fingerprint density at radius 1 is 1.50 bits per heavy atom. The van der Waals surface area contributed by atoms with Gasteiger partial charge in [-0.3, -0.25) is 0 Å². The van der Waals surface area contributed by atoms with Crippen LogP contribution in [0.3, 0.4) is 0 Å². The molecule has 0 radical (unpaired) electrons. The molecule has 1 nitrogen and oxygen atoms in total. The molecule has 1 unspecified atom stereocenters. The summed E-state index contributed by atoms with van der Waals surface area (Å²) in [6.07, 6.45) is 3.89. The molecule has 0 amide bonds. The number of hydrogen-bond donors (Lipinski definition) is 1. The fraction of sp³-hybridized carbons (Fsp3) is 0.455. The van der Waals surface area contributed by atoms with Crippen LogP contribution in [0, 0.1) is 9.49 Å². The molecule has 1 fully saturated rings. The molecule has 1 aromatic carbocycles. The summed E-state index contributed by atoms with van der Waals surface area (Å²) in [6.45, 7) is 0. The van der Waals surface area contributed by atoms with Gasteiger partial charge in [0, 0.05) is 14.1 Å². The van der Waals surface area contributed by atoms with E-state index >= 15 is 0 Å². The minimum absolute atomic E-state index is 0.215. The molecule has 0 aliphatic heterocycles. The zero-order valence-electron chi connectivity index (χ0n) is 7.84. The van der Waals surface area contributed by atoms with E-state index in [4.69, 9.17) is 5.73 Å². The molecule has 76 valence electrons. The largest absolute Gasteiger partial charge is 0.324 e. The van der Waals surface area contributed by atoms with Gasteiger partial charge in [0.25, 0.3) is 0 Å². The zero-order valence-corrected chi connectivity index (χ0v) is 11.6. The zero-order chi connectivity index (χ0) is 10.1. The highest BCUT2D eigenvalue weighted by Crippen LogP contribution is 2.37. The van der Waals surface area contributed by atoms with E-state index in [0.29, 0.717) is 0 Å². The molecular formula is C11H13BrIN. The molecular weight excluding hydrogens is 353 g/mol. The Hall–Kier alpha value is 0.390. The molecule has 1 aliphatic carbocycles. The lowest BCUT2D eigenvalue weighted by atomic mass is 10.0. The minimum atomic E-state index is 0.215. The Labute approximate surface area is 107 Å². The normalized spacial score (nSPS) is 18.2. The number of rotatable bonds is 3. The first-order valence-corrected chi connectivity index (χ1v) is 6.74. The van der Waals surface area contributed by atoms with Crippen molar-refractivity contribution in [3.8, 4) is 0 Å². The van der Waals surface area contributed by atoms with Crippen molar-refractivity contribution in [3.05, 3.63) is 31.8 Å². The predicted molar refractivity (Wildman–Crippen MR) is 71.1 cm³/mol. The Morgan fingerprint density at radius 3 is 2.86 bits per heavy atom. The molecule has 0 spiro atoms. The maximum absolute atomic E-state index is 6.18. The van der Waals surface area contributed by atoms with Crippen LogP contribution >= 0.6 is 38.5 Å². The van der Waals surface area contributed by atoms with Crippen LogP contribution in [0.25, 0.3) is 0 Å². The molecule has 0 heterocycles. The van der Waals surface area contributed by atoms with Crippen LogP contribution in [0.15, 0.2) is 22.7 Å². The van der Waals surface area contributed by atoms with Crippen LogP contribution in [-0.4, -0.2) is 0 Å². The van der Waals surface area contributed by atoms with Gasteiger partial charge in [-0.1, -0.05) is 28.8 Å². The second-order valence-electron chi connectivity index (χ2n) is 3.95.